The Morgan fingerprint density at radius 2 is 1.26 bits per heavy atom. The van der Waals surface area contributed by atoms with E-state index in [0.29, 0.717) is 0 Å². The first-order valence-corrected chi connectivity index (χ1v) is 30.4. The molecule has 9 aromatic rings. The van der Waals surface area contributed by atoms with Crippen molar-refractivity contribution < 1.29 is 4.42 Å². The van der Waals surface area contributed by atoms with E-state index in [1.807, 2.05) is 0 Å². The fraction of sp³-hybridized carbons (Fsp3) is 0.368. The van der Waals surface area contributed by atoms with Gasteiger partial charge in [0.05, 0.1) is 5.54 Å². The van der Waals surface area contributed by atoms with Crippen LogP contribution in [0.25, 0.3) is 21.9 Å². The lowest BCUT2D eigenvalue weighted by Gasteiger charge is -2.51. The molecule has 4 aliphatic heterocycles. The molecular formula is C76H77BN2O. The molecule has 6 bridgehead atoms. The number of para-hydroxylation sites is 1. The summed E-state index contributed by atoms with van der Waals surface area (Å²) in [7, 11) is 0. The molecule has 0 N–H and O–H groups in total. The molecule has 16 rings (SSSR count). The van der Waals surface area contributed by atoms with Gasteiger partial charge in [-0.25, -0.2) is 0 Å². The van der Waals surface area contributed by atoms with Crippen molar-refractivity contribution in [1.82, 2.24) is 0 Å². The zero-order valence-electron chi connectivity index (χ0n) is 49.9. The van der Waals surface area contributed by atoms with Gasteiger partial charge in [0.2, 0.25) is 6.71 Å². The van der Waals surface area contributed by atoms with Gasteiger partial charge in [-0.2, -0.15) is 0 Å². The number of aryl methyl sites for hydroxylation is 2. The molecule has 5 heterocycles. The molecule has 4 atom stereocenters. The lowest BCUT2D eigenvalue weighted by Crippen LogP contribution is -2.62. The standard InChI is InChI=1S/C76H77BN2O/c1-43-31-51-48(34-45-25-28-68-50(35-45)47-21-15-18-24-67(47)80-68)49-37-55-56(72(8,9)42-71(55,6)7)39-62(49)77-61-27-26-46-36-65(61)78(66(32-43)69(51)77)63-40-59-57(33-44(63)2)73(10,11)52-22-16-17-23-53(52)76(59,14)58-41-64-60(38-54(58)70(3,4)5)74(12)29-19-20-30-75(74,13)79(46)64/h15-18,21-28,31-33,35-41,48H,19-20,29-30,34,42H2,1-14H3. The number of rotatable bonds is 2. The molecule has 0 saturated heterocycles. The van der Waals surface area contributed by atoms with Gasteiger partial charge in [-0.15, -0.1) is 0 Å². The predicted octanol–water partition coefficient (Wildman–Crippen LogP) is 17.5. The van der Waals surface area contributed by atoms with E-state index in [9.17, 15) is 0 Å². The molecule has 1 saturated carbocycles. The molecular weight excluding hydrogens is 968 g/mol. The summed E-state index contributed by atoms with van der Waals surface area (Å²) >= 11 is 0. The second-order valence-corrected chi connectivity index (χ2v) is 29.7. The van der Waals surface area contributed by atoms with E-state index in [1.54, 1.807) is 0 Å². The Kier molecular flexibility index (Phi) is 9.45. The number of anilines is 5. The van der Waals surface area contributed by atoms with Crippen LogP contribution in [0.3, 0.4) is 0 Å². The van der Waals surface area contributed by atoms with E-state index in [2.05, 4.69) is 240 Å². The minimum atomic E-state index is -0.463. The van der Waals surface area contributed by atoms with Crippen molar-refractivity contribution in [2.24, 2.45) is 0 Å². The van der Waals surface area contributed by atoms with Crippen LogP contribution >= 0.6 is 0 Å². The fourth-order valence-electron chi connectivity index (χ4n) is 18.8. The van der Waals surface area contributed by atoms with Crippen LogP contribution in [-0.4, -0.2) is 12.3 Å². The average Bonchev–Trinajstić information content (AvgIpc) is 4.17. The van der Waals surface area contributed by atoms with Gasteiger partial charge >= 0.3 is 0 Å². The Balaban J connectivity index is 1.03. The normalized spacial score (nSPS) is 24.4. The molecule has 400 valence electrons. The van der Waals surface area contributed by atoms with Crippen LogP contribution < -0.4 is 26.2 Å². The Morgan fingerprint density at radius 3 is 2.05 bits per heavy atom. The van der Waals surface area contributed by atoms with Crippen molar-refractivity contribution >= 4 is 73.5 Å². The maximum atomic E-state index is 6.45. The summed E-state index contributed by atoms with van der Waals surface area (Å²) in [6.45, 7) is 35.1. The monoisotopic (exact) mass is 1040 g/mol. The Bertz CT molecular complexity index is 4270. The van der Waals surface area contributed by atoms with Crippen molar-refractivity contribution in [2.75, 3.05) is 9.80 Å². The molecule has 1 aromatic heterocycles. The van der Waals surface area contributed by atoms with Crippen LogP contribution in [0.1, 0.15) is 199 Å². The maximum absolute atomic E-state index is 6.45. The number of furan rings is 1. The van der Waals surface area contributed by atoms with Gasteiger partial charge in [-0.05, 0) is 207 Å². The Labute approximate surface area is 475 Å². The van der Waals surface area contributed by atoms with Crippen molar-refractivity contribution in [2.45, 2.75) is 179 Å². The molecule has 0 amide bonds. The zero-order chi connectivity index (χ0) is 55.3. The zero-order valence-corrected chi connectivity index (χ0v) is 49.9. The highest BCUT2D eigenvalue weighted by molar-refractivity contribution is 6.99. The molecule has 3 nitrogen and oxygen atoms in total. The topological polar surface area (TPSA) is 19.6 Å². The summed E-state index contributed by atoms with van der Waals surface area (Å²) in [6, 6.07) is 54.3. The van der Waals surface area contributed by atoms with Gasteiger partial charge in [-0.3, -0.25) is 0 Å². The minimum absolute atomic E-state index is 0.0340. The van der Waals surface area contributed by atoms with Gasteiger partial charge < -0.3 is 14.2 Å². The molecule has 4 heteroatoms. The third-order valence-electron chi connectivity index (χ3n) is 22.7. The molecule has 4 unspecified atom stereocenters. The molecule has 80 heavy (non-hydrogen) atoms. The summed E-state index contributed by atoms with van der Waals surface area (Å²) in [5.41, 5.74) is 32.3. The van der Waals surface area contributed by atoms with Crippen LogP contribution in [0.2, 0.25) is 0 Å². The Morgan fingerprint density at radius 1 is 0.550 bits per heavy atom. The van der Waals surface area contributed by atoms with E-state index in [0.717, 1.165) is 30.4 Å². The third-order valence-corrected chi connectivity index (χ3v) is 22.7. The van der Waals surface area contributed by atoms with Crippen LogP contribution in [0.4, 0.5) is 28.4 Å². The van der Waals surface area contributed by atoms with E-state index in [-0.39, 0.29) is 45.2 Å². The van der Waals surface area contributed by atoms with Crippen molar-refractivity contribution in [3.8, 4) is 0 Å². The molecule has 7 aliphatic rings. The summed E-state index contributed by atoms with van der Waals surface area (Å²) in [6.07, 6.45) is 6.86. The molecule has 0 radical (unpaired) electrons. The lowest BCUT2D eigenvalue weighted by atomic mass is 9.31. The van der Waals surface area contributed by atoms with Crippen LogP contribution in [0, 0.1) is 13.8 Å². The second kappa shape index (κ2) is 15.4. The summed E-state index contributed by atoms with van der Waals surface area (Å²) in [5.74, 6) is 0.140. The van der Waals surface area contributed by atoms with E-state index >= 15 is 0 Å². The highest BCUT2D eigenvalue weighted by Crippen LogP contribution is 2.65. The smallest absolute Gasteiger partial charge is 0.247 e. The predicted molar refractivity (Wildman–Crippen MR) is 337 cm³/mol. The highest BCUT2D eigenvalue weighted by atomic mass is 16.3. The van der Waals surface area contributed by atoms with E-state index < -0.39 is 5.41 Å². The Hall–Kier alpha value is -6.78. The van der Waals surface area contributed by atoms with Gasteiger partial charge in [0, 0.05) is 61.4 Å². The SMILES string of the molecule is Cc1cc2c3c(c1)N1c4cc5c(cc4C)C(C)(C)c4ccccc4C5(C)c4cc5c(cc4C(C)(C)C)C4(C)CCCCC4(C)N5c4ccc(c1c4)B3c1cc3c(cc1C2Cc1ccc2oc4ccccc4c2c1)C(C)(C)CC3(C)C. The summed E-state index contributed by atoms with van der Waals surface area (Å²) in [4.78, 5) is 5.68. The quantitative estimate of drug-likeness (QED) is 0.161. The van der Waals surface area contributed by atoms with Crippen molar-refractivity contribution in [3.63, 3.8) is 0 Å². The number of hydrogen-bond donors (Lipinski definition) is 0. The number of benzene rings is 8. The van der Waals surface area contributed by atoms with E-state index in [4.69, 9.17) is 4.42 Å². The van der Waals surface area contributed by atoms with Gasteiger partial charge in [-0.1, -0.05) is 172 Å². The molecule has 1 fully saturated rings. The summed E-state index contributed by atoms with van der Waals surface area (Å²) < 4.78 is 6.45. The first kappa shape index (κ1) is 49.1. The van der Waals surface area contributed by atoms with Crippen LogP contribution in [0.5, 0.6) is 0 Å². The first-order valence-electron chi connectivity index (χ1n) is 30.4. The minimum Gasteiger partial charge on any atom is -0.456 e. The second-order valence-electron chi connectivity index (χ2n) is 29.7. The molecule has 0 spiro atoms. The van der Waals surface area contributed by atoms with Gasteiger partial charge in [0.15, 0.2) is 0 Å². The van der Waals surface area contributed by atoms with Crippen LogP contribution in [0.15, 0.2) is 138 Å². The van der Waals surface area contributed by atoms with E-state index in [1.165, 1.54) is 153 Å². The lowest BCUT2D eigenvalue weighted by molar-refractivity contribution is 0.195. The number of hydrogen-bond acceptors (Lipinski definition) is 3. The average molecular weight is 1050 g/mol. The number of fused-ring (bicyclic) bond motifs is 19. The largest absolute Gasteiger partial charge is 0.456 e. The van der Waals surface area contributed by atoms with Crippen molar-refractivity contribution in [1.29, 1.82) is 0 Å². The van der Waals surface area contributed by atoms with Crippen LogP contribution in [-0.2, 0) is 38.9 Å². The van der Waals surface area contributed by atoms with Gasteiger partial charge in [0.1, 0.15) is 11.2 Å². The third kappa shape index (κ3) is 6.04. The fourth-order valence-corrected chi connectivity index (χ4v) is 18.8. The van der Waals surface area contributed by atoms with Gasteiger partial charge in [0.25, 0.3) is 0 Å². The summed E-state index contributed by atoms with van der Waals surface area (Å²) in [5, 5.41) is 2.39. The molecule has 8 aromatic carbocycles. The van der Waals surface area contributed by atoms with Crippen molar-refractivity contribution in [3.05, 3.63) is 211 Å². The molecule has 3 aliphatic carbocycles. The maximum Gasteiger partial charge on any atom is 0.247 e. The first-order chi connectivity index (χ1) is 37.9. The highest BCUT2D eigenvalue weighted by Gasteiger charge is 2.60. The number of nitrogens with zero attached hydrogens (tertiary/aromatic N) is 2.